The maximum absolute atomic E-state index is 12.5. The van der Waals surface area contributed by atoms with Gasteiger partial charge in [-0.15, -0.1) is 0 Å². The van der Waals surface area contributed by atoms with Crippen LogP contribution in [0.5, 0.6) is 5.75 Å². The Kier molecular flexibility index (Phi) is 6.32. The minimum Gasteiger partial charge on any atom is -0.497 e. The number of anilines is 1. The van der Waals surface area contributed by atoms with E-state index in [2.05, 4.69) is 47.1 Å². The minimum atomic E-state index is -0.153. The third kappa shape index (κ3) is 4.77. The van der Waals surface area contributed by atoms with Crippen LogP contribution in [-0.4, -0.2) is 22.6 Å². The second kappa shape index (κ2) is 9.47. The van der Waals surface area contributed by atoms with Crippen LogP contribution >= 0.6 is 0 Å². The van der Waals surface area contributed by atoms with Crippen molar-refractivity contribution < 1.29 is 9.53 Å². The summed E-state index contributed by atoms with van der Waals surface area (Å²) in [6.07, 6.45) is 2.86. The Balaban J connectivity index is 1.41. The first-order valence-corrected chi connectivity index (χ1v) is 10.7. The number of nitrogens with one attached hydrogen (secondary N) is 1. The quantitative estimate of drug-likeness (QED) is 0.415. The number of hydrogen-bond donors (Lipinski definition) is 1. The van der Waals surface area contributed by atoms with E-state index >= 15 is 0 Å². The van der Waals surface area contributed by atoms with Crippen LogP contribution in [-0.2, 0) is 19.4 Å². The summed E-state index contributed by atoms with van der Waals surface area (Å²) in [5, 5.41) is 2.94. The predicted molar refractivity (Wildman–Crippen MR) is 125 cm³/mol. The molecule has 5 nitrogen and oxygen atoms in total. The van der Waals surface area contributed by atoms with Gasteiger partial charge in [0.05, 0.1) is 18.1 Å². The third-order valence-electron chi connectivity index (χ3n) is 5.36. The average molecular weight is 414 g/mol. The molecule has 0 saturated carbocycles. The van der Waals surface area contributed by atoms with Gasteiger partial charge >= 0.3 is 0 Å². The number of para-hydroxylation sites is 2. The Labute approximate surface area is 182 Å². The summed E-state index contributed by atoms with van der Waals surface area (Å²) in [4.78, 5) is 17.3. The van der Waals surface area contributed by atoms with Crippen molar-refractivity contribution >= 4 is 22.6 Å². The SMILES string of the molecule is CCCn1c(CCc2ccc(NC(=O)c3cccc(OC)c3)cc2)nc2ccccc21. The molecule has 0 aliphatic rings. The van der Waals surface area contributed by atoms with E-state index in [0.717, 1.165) is 42.8 Å². The van der Waals surface area contributed by atoms with Gasteiger partial charge in [0.2, 0.25) is 0 Å². The highest BCUT2D eigenvalue weighted by atomic mass is 16.5. The number of fused-ring (bicyclic) bond motifs is 1. The molecule has 0 aliphatic carbocycles. The number of imidazole rings is 1. The van der Waals surface area contributed by atoms with E-state index in [9.17, 15) is 4.79 Å². The molecule has 1 heterocycles. The van der Waals surface area contributed by atoms with Crippen molar-refractivity contribution in [1.29, 1.82) is 0 Å². The molecule has 0 atom stereocenters. The molecule has 31 heavy (non-hydrogen) atoms. The van der Waals surface area contributed by atoms with Gasteiger partial charge in [0, 0.05) is 24.2 Å². The Morgan fingerprint density at radius 3 is 2.58 bits per heavy atom. The van der Waals surface area contributed by atoms with Crippen molar-refractivity contribution in [1.82, 2.24) is 9.55 Å². The molecule has 3 aromatic carbocycles. The number of benzene rings is 3. The third-order valence-corrected chi connectivity index (χ3v) is 5.36. The summed E-state index contributed by atoms with van der Waals surface area (Å²) in [5.41, 5.74) is 4.82. The predicted octanol–water partition coefficient (Wildman–Crippen LogP) is 5.49. The van der Waals surface area contributed by atoms with E-state index in [1.807, 2.05) is 30.3 Å². The minimum absolute atomic E-state index is 0.153. The molecule has 0 aliphatic heterocycles. The van der Waals surface area contributed by atoms with Gasteiger partial charge in [0.1, 0.15) is 11.6 Å². The number of amides is 1. The highest BCUT2D eigenvalue weighted by molar-refractivity contribution is 6.04. The van der Waals surface area contributed by atoms with Crippen molar-refractivity contribution in [3.8, 4) is 5.75 Å². The molecular formula is C26H27N3O2. The zero-order valence-electron chi connectivity index (χ0n) is 18.0. The van der Waals surface area contributed by atoms with Crippen LogP contribution in [0.2, 0.25) is 0 Å². The molecule has 0 unspecified atom stereocenters. The van der Waals surface area contributed by atoms with Crippen LogP contribution in [0.1, 0.15) is 35.1 Å². The standard InChI is InChI=1S/C26H27N3O2/c1-3-17-29-24-10-5-4-9-23(24)28-25(29)16-13-19-11-14-21(15-12-19)27-26(30)20-7-6-8-22(18-20)31-2/h4-12,14-15,18H,3,13,16-17H2,1-2H3,(H,27,30). The van der Waals surface area contributed by atoms with Crippen LogP contribution in [0, 0.1) is 0 Å². The van der Waals surface area contributed by atoms with Gasteiger partial charge in [-0.2, -0.15) is 0 Å². The number of ether oxygens (including phenoxy) is 1. The van der Waals surface area contributed by atoms with E-state index in [0.29, 0.717) is 11.3 Å². The summed E-state index contributed by atoms with van der Waals surface area (Å²) >= 11 is 0. The number of carbonyl (C=O) groups is 1. The molecular weight excluding hydrogens is 386 g/mol. The van der Waals surface area contributed by atoms with Crippen LogP contribution in [0.4, 0.5) is 5.69 Å². The van der Waals surface area contributed by atoms with Crippen LogP contribution in [0.25, 0.3) is 11.0 Å². The zero-order valence-corrected chi connectivity index (χ0v) is 18.0. The van der Waals surface area contributed by atoms with Gasteiger partial charge in [-0.1, -0.05) is 37.3 Å². The Morgan fingerprint density at radius 1 is 1.00 bits per heavy atom. The molecule has 0 bridgehead atoms. The average Bonchev–Trinajstić information content (AvgIpc) is 3.16. The highest BCUT2D eigenvalue weighted by Gasteiger charge is 2.10. The molecule has 0 radical (unpaired) electrons. The van der Waals surface area contributed by atoms with E-state index in [1.54, 1.807) is 19.2 Å². The molecule has 5 heteroatoms. The lowest BCUT2D eigenvalue weighted by atomic mass is 10.1. The van der Waals surface area contributed by atoms with E-state index < -0.39 is 0 Å². The monoisotopic (exact) mass is 413 g/mol. The molecule has 4 aromatic rings. The summed E-state index contributed by atoms with van der Waals surface area (Å²) in [6, 6.07) is 23.5. The summed E-state index contributed by atoms with van der Waals surface area (Å²) in [7, 11) is 1.59. The molecule has 1 amide bonds. The second-order valence-corrected chi connectivity index (χ2v) is 7.55. The first-order valence-electron chi connectivity index (χ1n) is 10.7. The Morgan fingerprint density at radius 2 is 1.81 bits per heavy atom. The van der Waals surface area contributed by atoms with Gasteiger partial charge < -0.3 is 14.6 Å². The van der Waals surface area contributed by atoms with Gasteiger partial charge in [-0.3, -0.25) is 4.79 Å². The summed E-state index contributed by atoms with van der Waals surface area (Å²) < 4.78 is 7.52. The van der Waals surface area contributed by atoms with Gasteiger partial charge in [-0.05, 0) is 60.9 Å². The fraction of sp³-hybridized carbons (Fsp3) is 0.231. The van der Waals surface area contributed by atoms with Crippen molar-refractivity contribution in [3.63, 3.8) is 0 Å². The van der Waals surface area contributed by atoms with Crippen molar-refractivity contribution in [2.75, 3.05) is 12.4 Å². The molecule has 1 aromatic heterocycles. The number of aromatic nitrogens is 2. The van der Waals surface area contributed by atoms with E-state index in [4.69, 9.17) is 9.72 Å². The fourth-order valence-electron chi connectivity index (χ4n) is 3.77. The topological polar surface area (TPSA) is 56.2 Å². The number of nitrogens with zero attached hydrogens (tertiary/aromatic N) is 2. The van der Waals surface area contributed by atoms with Crippen molar-refractivity contribution in [2.24, 2.45) is 0 Å². The Bertz CT molecular complexity index is 1180. The van der Waals surface area contributed by atoms with Crippen LogP contribution in [0.15, 0.2) is 72.8 Å². The van der Waals surface area contributed by atoms with E-state index in [-0.39, 0.29) is 5.91 Å². The fourth-order valence-corrected chi connectivity index (χ4v) is 3.77. The molecule has 4 rings (SSSR count). The van der Waals surface area contributed by atoms with Gasteiger partial charge in [-0.25, -0.2) is 4.98 Å². The lowest BCUT2D eigenvalue weighted by molar-refractivity contribution is 0.102. The molecule has 0 spiro atoms. The summed E-state index contributed by atoms with van der Waals surface area (Å²) in [5.74, 6) is 1.63. The number of carbonyl (C=O) groups excluding carboxylic acids is 1. The highest BCUT2D eigenvalue weighted by Crippen LogP contribution is 2.19. The van der Waals surface area contributed by atoms with Gasteiger partial charge in [0.25, 0.3) is 5.91 Å². The molecule has 0 fully saturated rings. The maximum Gasteiger partial charge on any atom is 0.255 e. The smallest absolute Gasteiger partial charge is 0.255 e. The zero-order chi connectivity index (χ0) is 21.6. The second-order valence-electron chi connectivity index (χ2n) is 7.55. The summed E-state index contributed by atoms with van der Waals surface area (Å²) in [6.45, 7) is 3.17. The van der Waals surface area contributed by atoms with Crippen LogP contribution in [0.3, 0.4) is 0 Å². The first kappa shape index (κ1) is 20.7. The number of methoxy groups -OCH3 is 1. The van der Waals surface area contributed by atoms with Crippen molar-refractivity contribution in [3.05, 3.63) is 89.7 Å². The Hall–Kier alpha value is -3.60. The molecule has 1 N–H and O–H groups in total. The normalized spacial score (nSPS) is 10.9. The number of aryl methyl sites for hydroxylation is 3. The largest absolute Gasteiger partial charge is 0.497 e. The number of hydrogen-bond acceptors (Lipinski definition) is 3. The maximum atomic E-state index is 12.5. The molecule has 158 valence electrons. The van der Waals surface area contributed by atoms with E-state index in [1.165, 1.54) is 11.1 Å². The van der Waals surface area contributed by atoms with Crippen molar-refractivity contribution in [2.45, 2.75) is 32.7 Å². The molecule has 0 saturated heterocycles. The lowest BCUT2D eigenvalue weighted by Crippen LogP contribution is -2.12. The lowest BCUT2D eigenvalue weighted by Gasteiger charge is -2.09. The number of rotatable bonds is 8. The van der Waals surface area contributed by atoms with Gasteiger partial charge in [0.15, 0.2) is 0 Å². The first-order chi connectivity index (χ1) is 15.2. The van der Waals surface area contributed by atoms with Crippen LogP contribution < -0.4 is 10.1 Å².